The predicted octanol–water partition coefficient (Wildman–Crippen LogP) is 1.08. The summed E-state index contributed by atoms with van der Waals surface area (Å²) in [4.78, 5) is 27.5. The molecule has 5 nitrogen and oxygen atoms in total. The fraction of sp³-hybridized carbons (Fsp3) is 0.214. The molecule has 0 atom stereocenters. The molecule has 0 aliphatic rings. The highest BCUT2D eigenvalue weighted by atomic mass is 16.5. The molecule has 0 aliphatic carbocycles. The summed E-state index contributed by atoms with van der Waals surface area (Å²) < 4.78 is 4.88. The van der Waals surface area contributed by atoms with E-state index in [1.165, 1.54) is 0 Å². The molecule has 1 heterocycles. The van der Waals surface area contributed by atoms with E-state index in [0.717, 1.165) is 0 Å². The van der Waals surface area contributed by atoms with Crippen LogP contribution in [-0.2, 0) is 4.74 Å². The van der Waals surface area contributed by atoms with E-state index in [2.05, 4.69) is 4.98 Å². The summed E-state index contributed by atoms with van der Waals surface area (Å²) in [5.41, 5.74) is 0.616. The van der Waals surface area contributed by atoms with Crippen LogP contribution < -0.4 is 5.11 Å². The van der Waals surface area contributed by atoms with Crippen molar-refractivity contribution in [1.82, 2.24) is 4.98 Å². The summed E-state index contributed by atoms with van der Waals surface area (Å²) in [6, 6.07) is 6.71. The van der Waals surface area contributed by atoms with E-state index in [-0.39, 0.29) is 17.7 Å². The summed E-state index contributed by atoms with van der Waals surface area (Å²) in [5.74, 6) is -2.11. The molecule has 0 amide bonds. The predicted molar refractivity (Wildman–Crippen MR) is 66.8 cm³/mol. The van der Waals surface area contributed by atoms with Gasteiger partial charge in [-0.2, -0.15) is 0 Å². The maximum atomic E-state index is 11.9. The summed E-state index contributed by atoms with van der Waals surface area (Å²) >= 11 is 0. The van der Waals surface area contributed by atoms with Crippen molar-refractivity contribution in [2.75, 3.05) is 6.61 Å². The molecule has 0 bridgehead atoms. The molecule has 0 N–H and O–H groups in total. The number of carboxylic acid groups (broad SMARTS) is 1. The van der Waals surface area contributed by atoms with Gasteiger partial charge in [-0.15, -0.1) is 0 Å². The summed E-state index contributed by atoms with van der Waals surface area (Å²) in [6.07, 6.45) is 0. The number of hydrogen-bond donors (Lipinski definition) is 0. The van der Waals surface area contributed by atoms with Gasteiger partial charge in [0.25, 0.3) is 0 Å². The van der Waals surface area contributed by atoms with Gasteiger partial charge in [0.15, 0.2) is 0 Å². The van der Waals surface area contributed by atoms with Gasteiger partial charge >= 0.3 is 5.97 Å². The van der Waals surface area contributed by atoms with Crippen LogP contribution in [0.1, 0.15) is 33.3 Å². The Morgan fingerprint density at radius 2 is 1.95 bits per heavy atom. The number of para-hydroxylation sites is 1. The quantitative estimate of drug-likeness (QED) is 0.770. The van der Waals surface area contributed by atoms with Crippen LogP contribution in [0.5, 0.6) is 0 Å². The van der Waals surface area contributed by atoms with Gasteiger partial charge < -0.3 is 14.6 Å². The Labute approximate surface area is 109 Å². The van der Waals surface area contributed by atoms with Crippen LogP contribution in [0.15, 0.2) is 24.3 Å². The minimum Gasteiger partial charge on any atom is -0.545 e. The van der Waals surface area contributed by atoms with Crippen LogP contribution >= 0.6 is 0 Å². The van der Waals surface area contributed by atoms with Crippen LogP contribution in [0, 0.1) is 6.92 Å². The first kappa shape index (κ1) is 13.0. The maximum Gasteiger partial charge on any atom is 0.340 e. The minimum absolute atomic E-state index is 0.0412. The van der Waals surface area contributed by atoms with Crippen molar-refractivity contribution in [3.8, 4) is 0 Å². The second-order valence-corrected chi connectivity index (χ2v) is 3.97. The normalized spacial score (nSPS) is 10.4. The average molecular weight is 258 g/mol. The second-order valence-electron chi connectivity index (χ2n) is 3.97. The van der Waals surface area contributed by atoms with Gasteiger partial charge in [-0.3, -0.25) is 4.98 Å². The van der Waals surface area contributed by atoms with E-state index in [1.54, 1.807) is 38.1 Å². The third kappa shape index (κ3) is 2.27. The molecule has 98 valence electrons. The van der Waals surface area contributed by atoms with E-state index in [9.17, 15) is 14.7 Å². The molecule has 5 heteroatoms. The lowest BCUT2D eigenvalue weighted by Crippen LogP contribution is -2.27. The molecular formula is C14H12NO4-. The zero-order chi connectivity index (χ0) is 14.0. The maximum absolute atomic E-state index is 11.9. The average Bonchev–Trinajstić information content (AvgIpc) is 2.37. The first-order valence-electron chi connectivity index (χ1n) is 5.84. The smallest absolute Gasteiger partial charge is 0.340 e. The number of ether oxygens (including phenoxy) is 1. The molecule has 0 saturated carbocycles. The first-order valence-corrected chi connectivity index (χ1v) is 5.84. The SMILES string of the molecule is CCOC(=O)c1c(C)nc2ccccc2c1C(=O)[O-]. The lowest BCUT2D eigenvalue weighted by molar-refractivity contribution is -0.254. The third-order valence-electron chi connectivity index (χ3n) is 2.76. The van der Waals surface area contributed by atoms with Gasteiger partial charge in [0.2, 0.25) is 0 Å². The van der Waals surface area contributed by atoms with Crippen molar-refractivity contribution in [1.29, 1.82) is 0 Å². The topological polar surface area (TPSA) is 79.3 Å². The van der Waals surface area contributed by atoms with E-state index < -0.39 is 11.9 Å². The number of carboxylic acids is 1. The highest BCUT2D eigenvalue weighted by molar-refractivity contribution is 6.11. The molecule has 0 spiro atoms. The number of aryl methyl sites for hydroxylation is 1. The van der Waals surface area contributed by atoms with Gasteiger partial charge in [0, 0.05) is 10.9 Å². The number of benzene rings is 1. The largest absolute Gasteiger partial charge is 0.545 e. The molecule has 0 aliphatic heterocycles. The number of esters is 1. The number of fused-ring (bicyclic) bond motifs is 1. The monoisotopic (exact) mass is 258 g/mol. The van der Waals surface area contributed by atoms with E-state index in [4.69, 9.17) is 4.74 Å². The summed E-state index contributed by atoms with van der Waals surface area (Å²) in [6.45, 7) is 3.39. The highest BCUT2D eigenvalue weighted by Crippen LogP contribution is 2.23. The number of carbonyl (C=O) groups excluding carboxylic acids is 2. The Morgan fingerprint density at radius 1 is 1.26 bits per heavy atom. The Bertz CT molecular complexity index is 664. The Hall–Kier alpha value is -2.43. The Morgan fingerprint density at radius 3 is 2.58 bits per heavy atom. The molecule has 2 aromatic rings. The molecular weight excluding hydrogens is 246 g/mol. The number of carbonyl (C=O) groups is 2. The van der Waals surface area contributed by atoms with Crippen LogP contribution in [0.2, 0.25) is 0 Å². The molecule has 0 saturated heterocycles. The van der Waals surface area contributed by atoms with Crippen molar-refractivity contribution >= 4 is 22.8 Å². The van der Waals surface area contributed by atoms with Gasteiger partial charge in [0.05, 0.1) is 29.4 Å². The van der Waals surface area contributed by atoms with Crippen molar-refractivity contribution in [2.45, 2.75) is 13.8 Å². The van der Waals surface area contributed by atoms with Crippen LogP contribution in [0.4, 0.5) is 0 Å². The zero-order valence-electron chi connectivity index (χ0n) is 10.6. The van der Waals surface area contributed by atoms with Gasteiger partial charge in [-0.05, 0) is 19.9 Å². The fourth-order valence-corrected chi connectivity index (χ4v) is 2.00. The Kier molecular flexibility index (Phi) is 3.46. The van der Waals surface area contributed by atoms with Crippen molar-refractivity contribution < 1.29 is 19.4 Å². The number of rotatable bonds is 3. The molecule has 0 unspecified atom stereocenters. The molecule has 0 radical (unpaired) electrons. The van der Waals surface area contributed by atoms with Crippen molar-refractivity contribution in [3.05, 3.63) is 41.1 Å². The lowest BCUT2D eigenvalue weighted by atomic mass is 10.0. The van der Waals surface area contributed by atoms with Gasteiger partial charge in [-0.1, -0.05) is 18.2 Å². The van der Waals surface area contributed by atoms with E-state index in [1.807, 2.05) is 0 Å². The van der Waals surface area contributed by atoms with Gasteiger partial charge in [-0.25, -0.2) is 4.79 Å². The standard InChI is InChI=1S/C14H13NO4/c1-3-19-14(18)11-8(2)15-10-7-5-4-6-9(10)12(11)13(16)17/h4-7H,3H2,1-2H3,(H,16,17)/p-1. The van der Waals surface area contributed by atoms with Crippen molar-refractivity contribution in [2.24, 2.45) is 0 Å². The second kappa shape index (κ2) is 5.06. The number of pyridine rings is 1. The number of aromatic carboxylic acids is 1. The fourth-order valence-electron chi connectivity index (χ4n) is 2.00. The lowest BCUT2D eigenvalue weighted by Gasteiger charge is -2.14. The number of nitrogens with zero attached hydrogens (tertiary/aromatic N) is 1. The van der Waals surface area contributed by atoms with Crippen LogP contribution in [0.3, 0.4) is 0 Å². The molecule has 0 fully saturated rings. The number of hydrogen-bond acceptors (Lipinski definition) is 5. The highest BCUT2D eigenvalue weighted by Gasteiger charge is 2.20. The van der Waals surface area contributed by atoms with Crippen molar-refractivity contribution in [3.63, 3.8) is 0 Å². The summed E-state index contributed by atoms with van der Waals surface area (Å²) in [7, 11) is 0. The van der Waals surface area contributed by atoms with Crippen LogP contribution in [-0.4, -0.2) is 23.5 Å². The van der Waals surface area contributed by atoms with Gasteiger partial charge in [0.1, 0.15) is 0 Å². The zero-order valence-corrected chi connectivity index (χ0v) is 10.6. The van der Waals surface area contributed by atoms with E-state index in [0.29, 0.717) is 16.6 Å². The molecule has 2 rings (SSSR count). The minimum atomic E-state index is -1.41. The summed E-state index contributed by atoms with van der Waals surface area (Å²) in [5, 5.41) is 11.7. The number of aromatic nitrogens is 1. The first-order chi connectivity index (χ1) is 9.06. The van der Waals surface area contributed by atoms with E-state index >= 15 is 0 Å². The third-order valence-corrected chi connectivity index (χ3v) is 2.76. The molecule has 19 heavy (non-hydrogen) atoms. The molecule has 1 aromatic carbocycles. The Balaban J connectivity index is 2.81. The molecule has 1 aromatic heterocycles. The van der Waals surface area contributed by atoms with Crippen LogP contribution in [0.25, 0.3) is 10.9 Å².